The van der Waals surface area contributed by atoms with Gasteiger partial charge in [-0.15, -0.1) is 0 Å². The summed E-state index contributed by atoms with van der Waals surface area (Å²) in [5.74, 6) is -0.225. The van der Waals surface area contributed by atoms with Crippen LogP contribution in [-0.2, 0) is 10.2 Å². The van der Waals surface area contributed by atoms with E-state index in [1.54, 1.807) is 24.3 Å². The van der Waals surface area contributed by atoms with Crippen LogP contribution in [0.15, 0.2) is 91.0 Å². The molecule has 0 fully saturated rings. The number of phenolic OH excluding ortho intramolecular Hbond substituents is 1. The number of aromatic amines is 1. The molecule has 0 unspecified atom stereocenters. The molecular weight excluding hydrogens is 666 g/mol. The third-order valence-electron chi connectivity index (χ3n) is 8.64. The van der Waals surface area contributed by atoms with E-state index in [2.05, 4.69) is 31.0 Å². The van der Waals surface area contributed by atoms with Gasteiger partial charge in [-0.2, -0.15) is 5.10 Å². The Morgan fingerprint density at radius 3 is 2.27 bits per heavy atom. The van der Waals surface area contributed by atoms with Gasteiger partial charge < -0.3 is 21.1 Å². The Morgan fingerprint density at radius 2 is 1.61 bits per heavy atom. The van der Waals surface area contributed by atoms with Crippen molar-refractivity contribution >= 4 is 57.7 Å². The third-order valence-corrected chi connectivity index (χ3v) is 8.94. The maximum atomic E-state index is 12.9. The molecule has 0 radical (unpaired) electrons. The first-order valence-electron chi connectivity index (χ1n) is 16.0. The van der Waals surface area contributed by atoms with Crippen LogP contribution >= 0.6 is 11.6 Å². The quantitative estimate of drug-likeness (QED) is 0.0903. The van der Waals surface area contributed by atoms with Gasteiger partial charge in [0, 0.05) is 28.7 Å². The fourth-order valence-corrected chi connectivity index (χ4v) is 6.53. The van der Waals surface area contributed by atoms with Crippen molar-refractivity contribution in [1.29, 1.82) is 0 Å². The molecule has 0 saturated heterocycles. The minimum absolute atomic E-state index is 0.0775. The van der Waals surface area contributed by atoms with Crippen molar-refractivity contribution in [2.75, 3.05) is 16.0 Å². The van der Waals surface area contributed by atoms with Gasteiger partial charge in [0.2, 0.25) is 17.5 Å². The van der Waals surface area contributed by atoms with Crippen molar-refractivity contribution in [2.24, 2.45) is 0 Å². The van der Waals surface area contributed by atoms with Crippen molar-refractivity contribution in [1.82, 2.24) is 14.6 Å². The Morgan fingerprint density at radius 1 is 0.961 bits per heavy atom. The maximum Gasteiger partial charge on any atom is 0.256 e. The normalized spacial score (nSPS) is 12.9. The molecule has 12 heteroatoms. The number of rotatable bonds is 5. The summed E-state index contributed by atoms with van der Waals surface area (Å²) < 4.78 is 1.82. The number of H-pyrrole nitrogens is 1. The molecule has 4 aromatic carbocycles. The highest BCUT2D eigenvalue weighted by molar-refractivity contribution is 6.35. The first-order chi connectivity index (χ1) is 24.4. The van der Waals surface area contributed by atoms with Crippen molar-refractivity contribution in [3.8, 4) is 17.0 Å². The lowest BCUT2D eigenvalue weighted by Gasteiger charge is -2.34. The van der Waals surface area contributed by atoms with E-state index < -0.39 is 5.41 Å². The molecule has 3 amide bonds. The molecule has 0 saturated carbocycles. The molecular formula is C39H34ClN7O4. The number of nitrogens with zero attached hydrogens (tertiary/aromatic N) is 3. The van der Waals surface area contributed by atoms with Crippen molar-refractivity contribution in [2.45, 2.75) is 39.5 Å². The van der Waals surface area contributed by atoms with E-state index in [9.17, 15) is 19.5 Å². The Balaban J connectivity index is 0.000000176. The van der Waals surface area contributed by atoms with Crippen LogP contribution in [0.3, 0.4) is 0 Å². The minimum atomic E-state index is -0.602. The molecule has 5 N–H and O–H groups in total. The number of amides is 3. The molecule has 0 spiro atoms. The van der Waals surface area contributed by atoms with E-state index in [4.69, 9.17) is 18.2 Å². The van der Waals surface area contributed by atoms with E-state index in [1.807, 2.05) is 92.8 Å². The van der Waals surface area contributed by atoms with Gasteiger partial charge in [0.25, 0.3) is 5.91 Å². The van der Waals surface area contributed by atoms with Gasteiger partial charge in [-0.25, -0.2) is 4.85 Å². The number of hydrogen-bond donors (Lipinski definition) is 5. The number of aryl methyl sites for hydroxylation is 2. The molecule has 7 rings (SSSR count). The topological polar surface area (TPSA) is 145 Å². The number of phenols is 1. The molecule has 0 aliphatic carbocycles. The third kappa shape index (κ3) is 6.65. The largest absolute Gasteiger partial charge is 0.505 e. The molecule has 0 bridgehead atoms. The van der Waals surface area contributed by atoms with Crippen molar-refractivity contribution in [3.05, 3.63) is 136 Å². The second-order valence-corrected chi connectivity index (χ2v) is 13.1. The van der Waals surface area contributed by atoms with Crippen LogP contribution in [0.25, 0.3) is 21.7 Å². The summed E-state index contributed by atoms with van der Waals surface area (Å²) in [4.78, 5) is 41.0. The SMILES string of the molecule is Cc1ccccc1C(=O)Nc1cc(Cl)c2c(c1O)C(C)(C)CC(=O)N2.[C-]#[N+]c1c(C(=O)Nc2ccccc2)c2[nH]nc(C)n2c1-c1ccccc1. The van der Waals surface area contributed by atoms with Crippen LogP contribution in [0.1, 0.15) is 57.9 Å². The monoisotopic (exact) mass is 699 g/mol. The Hall–Kier alpha value is -6.38. The molecule has 3 heterocycles. The van der Waals surface area contributed by atoms with E-state index in [1.165, 1.54) is 6.07 Å². The number of nitrogens with one attached hydrogen (secondary N) is 4. The van der Waals surface area contributed by atoms with Crippen LogP contribution in [0.2, 0.25) is 5.02 Å². The number of para-hydroxylation sites is 1. The van der Waals surface area contributed by atoms with Crippen LogP contribution < -0.4 is 16.0 Å². The number of halogens is 1. The highest BCUT2D eigenvalue weighted by Crippen LogP contribution is 2.49. The lowest BCUT2D eigenvalue weighted by molar-refractivity contribution is -0.117. The maximum absolute atomic E-state index is 12.9. The number of carbonyl (C=O) groups is 3. The number of benzene rings is 4. The lowest BCUT2D eigenvalue weighted by Crippen LogP contribution is -2.33. The highest BCUT2D eigenvalue weighted by atomic mass is 35.5. The lowest BCUT2D eigenvalue weighted by atomic mass is 9.77. The van der Waals surface area contributed by atoms with Crippen LogP contribution in [0.5, 0.6) is 5.75 Å². The molecule has 1 aliphatic rings. The summed E-state index contributed by atoms with van der Waals surface area (Å²) in [6.45, 7) is 15.1. The van der Waals surface area contributed by atoms with Gasteiger partial charge in [-0.3, -0.25) is 23.9 Å². The van der Waals surface area contributed by atoms with Crippen LogP contribution in [-0.4, -0.2) is 37.4 Å². The summed E-state index contributed by atoms with van der Waals surface area (Å²) in [5, 5.41) is 26.4. The molecule has 2 aromatic heterocycles. The molecule has 51 heavy (non-hydrogen) atoms. The fourth-order valence-electron chi connectivity index (χ4n) is 6.28. The number of anilines is 3. The summed E-state index contributed by atoms with van der Waals surface area (Å²) in [5.41, 5.74) is 5.21. The highest BCUT2D eigenvalue weighted by Gasteiger charge is 2.37. The van der Waals surface area contributed by atoms with E-state index in [0.29, 0.717) is 50.9 Å². The summed E-state index contributed by atoms with van der Waals surface area (Å²) >= 11 is 6.30. The second kappa shape index (κ2) is 13.9. The average molecular weight is 700 g/mol. The van der Waals surface area contributed by atoms with E-state index in [0.717, 1.165) is 11.1 Å². The zero-order chi connectivity index (χ0) is 36.4. The first-order valence-corrected chi connectivity index (χ1v) is 16.4. The number of hydrogen-bond acceptors (Lipinski definition) is 5. The molecule has 1 aliphatic heterocycles. The average Bonchev–Trinajstić information content (AvgIpc) is 3.64. The van der Waals surface area contributed by atoms with Crippen LogP contribution in [0, 0.1) is 20.4 Å². The molecule has 6 aromatic rings. The van der Waals surface area contributed by atoms with Gasteiger partial charge in [0.1, 0.15) is 17.2 Å². The van der Waals surface area contributed by atoms with Gasteiger partial charge in [0.15, 0.2) is 0 Å². The van der Waals surface area contributed by atoms with Crippen molar-refractivity contribution < 1.29 is 19.5 Å². The number of carbonyl (C=O) groups excluding carboxylic acids is 3. The van der Waals surface area contributed by atoms with Crippen LogP contribution in [0.4, 0.5) is 22.7 Å². The minimum Gasteiger partial charge on any atom is -0.505 e. The van der Waals surface area contributed by atoms with Gasteiger partial charge in [0.05, 0.1) is 34.2 Å². The second-order valence-electron chi connectivity index (χ2n) is 12.7. The summed E-state index contributed by atoms with van der Waals surface area (Å²) in [7, 11) is 0. The Labute approximate surface area is 299 Å². The van der Waals surface area contributed by atoms with Gasteiger partial charge in [-0.05, 0) is 49.2 Å². The van der Waals surface area contributed by atoms with E-state index in [-0.39, 0.29) is 40.6 Å². The Bertz CT molecular complexity index is 2360. The summed E-state index contributed by atoms with van der Waals surface area (Å²) in [6, 6.07) is 27.4. The smallest absolute Gasteiger partial charge is 0.256 e. The predicted molar refractivity (Wildman–Crippen MR) is 199 cm³/mol. The predicted octanol–water partition coefficient (Wildman–Crippen LogP) is 8.67. The zero-order valence-corrected chi connectivity index (χ0v) is 29.0. The fraction of sp³-hybridized carbons (Fsp3) is 0.154. The first kappa shape index (κ1) is 34.5. The summed E-state index contributed by atoms with van der Waals surface area (Å²) in [6.07, 6.45) is 0.221. The zero-order valence-electron chi connectivity index (χ0n) is 28.3. The molecule has 256 valence electrons. The number of aromatic nitrogens is 3. The number of aromatic hydroxyl groups is 1. The molecule has 0 atom stereocenters. The van der Waals surface area contributed by atoms with Crippen molar-refractivity contribution in [3.63, 3.8) is 0 Å². The Kier molecular flexibility index (Phi) is 9.37. The standard InChI is InChI=1S/C20H15N5O.C19H19ClN2O3/c1-13-23-24-19-16(20(26)22-15-11-7-4-8-12-15)17(21-2)18(25(13)19)14-9-5-3-6-10-14;1-10-6-4-5-7-11(10)18(25)21-13-8-12(20)16-15(17(13)24)19(2,3)9-14(23)22-16/h3-12,24H,1H3,(H,22,26);4-8,24H,9H2,1-3H3,(H,21,25)(H,22,23). The van der Waals surface area contributed by atoms with E-state index >= 15 is 0 Å². The van der Waals surface area contributed by atoms with Gasteiger partial charge >= 0.3 is 0 Å². The number of fused-ring (bicyclic) bond motifs is 2. The molecule has 11 nitrogen and oxygen atoms in total. The van der Waals surface area contributed by atoms with Gasteiger partial charge in [-0.1, -0.05) is 92.2 Å².